The first kappa shape index (κ1) is 16.2. The van der Waals surface area contributed by atoms with Crippen molar-refractivity contribution in [1.82, 2.24) is 0 Å². The predicted molar refractivity (Wildman–Crippen MR) is 31.5 cm³/mol. The van der Waals surface area contributed by atoms with Crippen LogP contribution in [0.3, 0.4) is 0 Å². The summed E-state index contributed by atoms with van der Waals surface area (Å²) in [5, 5.41) is 0. The Balaban J connectivity index is 5.73. The van der Waals surface area contributed by atoms with Crippen LogP contribution in [0.15, 0.2) is 0 Å². The lowest BCUT2D eigenvalue weighted by molar-refractivity contribution is -0.408. The Hall–Kier alpha value is -0.770. The Morgan fingerprint density at radius 1 is 0.471 bits per heavy atom. The first-order valence-electron chi connectivity index (χ1n) is 3.58. The molecule has 0 aromatic rings. The molecule has 0 spiro atoms. The Labute approximate surface area is 86.4 Å². The third kappa shape index (κ3) is 2.15. The smallest absolute Gasteiger partial charge is 0.227 e. The molecule has 0 aromatic heterocycles. The topological polar surface area (TPSA) is 0 Å². The molecule has 0 aliphatic carbocycles. The molecule has 0 saturated heterocycles. The lowest BCUT2D eigenvalue weighted by Gasteiger charge is -2.37. The summed E-state index contributed by atoms with van der Waals surface area (Å²) in [6.45, 7) is -1.09. The molecule has 0 aliphatic rings. The summed E-state index contributed by atoms with van der Waals surface area (Å²) in [4.78, 5) is 0. The monoisotopic (exact) mass is 284 g/mol. The van der Waals surface area contributed by atoms with Gasteiger partial charge >= 0.3 is 24.2 Å². The van der Waals surface area contributed by atoms with Gasteiger partial charge in [-0.2, -0.15) is 43.9 Å². The van der Waals surface area contributed by atoms with Gasteiger partial charge in [0.15, 0.2) is 0 Å². The maximum absolute atomic E-state index is 12.5. The second-order valence-electron chi connectivity index (χ2n) is 3.15. The van der Waals surface area contributed by atoms with Gasteiger partial charge in [0.05, 0.1) is 0 Å². The standard InChI is InChI=1S/C6H3F11/c1-2(7,5(12,13)14)3(8,9)4(10,11)6(15,16)17/h1H3. The lowest BCUT2D eigenvalue weighted by Crippen LogP contribution is -2.66. The Bertz CT molecular complexity index is 251. The van der Waals surface area contributed by atoms with E-state index in [1.807, 2.05) is 0 Å². The molecule has 0 aliphatic heterocycles. The zero-order valence-corrected chi connectivity index (χ0v) is 7.66. The highest BCUT2D eigenvalue weighted by Gasteiger charge is 2.84. The molecule has 1 unspecified atom stereocenters. The van der Waals surface area contributed by atoms with Gasteiger partial charge in [0.1, 0.15) is 0 Å². The summed E-state index contributed by atoms with van der Waals surface area (Å²) in [6, 6.07) is 0. The molecule has 0 nitrogen and oxygen atoms in total. The third-order valence-electron chi connectivity index (χ3n) is 1.87. The maximum Gasteiger partial charge on any atom is 0.460 e. The van der Waals surface area contributed by atoms with E-state index in [-0.39, 0.29) is 0 Å². The average Bonchev–Trinajstić information content (AvgIpc) is 1.98. The molecule has 0 aromatic carbocycles. The van der Waals surface area contributed by atoms with E-state index in [4.69, 9.17) is 0 Å². The van der Waals surface area contributed by atoms with Crippen LogP contribution in [0.5, 0.6) is 0 Å². The van der Waals surface area contributed by atoms with E-state index >= 15 is 0 Å². The molecule has 0 amide bonds. The molecule has 1 atom stereocenters. The van der Waals surface area contributed by atoms with Crippen molar-refractivity contribution in [3.63, 3.8) is 0 Å². The molecule has 104 valence electrons. The van der Waals surface area contributed by atoms with Crippen LogP contribution in [0.25, 0.3) is 0 Å². The quantitative estimate of drug-likeness (QED) is 0.669. The molecular formula is C6H3F11. The van der Waals surface area contributed by atoms with Gasteiger partial charge in [-0.25, -0.2) is 4.39 Å². The van der Waals surface area contributed by atoms with Crippen LogP contribution in [0.4, 0.5) is 48.3 Å². The average molecular weight is 284 g/mol. The van der Waals surface area contributed by atoms with E-state index in [0.29, 0.717) is 0 Å². The highest BCUT2D eigenvalue weighted by molar-refractivity contribution is 5.06. The highest BCUT2D eigenvalue weighted by atomic mass is 19.4. The summed E-state index contributed by atoms with van der Waals surface area (Å²) in [6.07, 6.45) is -13.6. The number of hydrogen-bond donors (Lipinski definition) is 0. The van der Waals surface area contributed by atoms with Crippen LogP contribution in [-0.4, -0.2) is 29.9 Å². The van der Waals surface area contributed by atoms with E-state index < -0.39 is 36.8 Å². The van der Waals surface area contributed by atoms with Gasteiger partial charge < -0.3 is 0 Å². The van der Waals surface area contributed by atoms with Crippen LogP contribution in [0.2, 0.25) is 0 Å². The molecule has 0 bridgehead atoms. The van der Waals surface area contributed by atoms with Gasteiger partial charge in [0.25, 0.3) is 5.67 Å². The van der Waals surface area contributed by atoms with Crippen LogP contribution >= 0.6 is 0 Å². The van der Waals surface area contributed by atoms with Crippen molar-refractivity contribution in [3.05, 3.63) is 0 Å². The summed E-state index contributed by atoms with van der Waals surface area (Å²) in [5.74, 6) is -14.1. The van der Waals surface area contributed by atoms with E-state index in [2.05, 4.69) is 0 Å². The van der Waals surface area contributed by atoms with Gasteiger partial charge in [0, 0.05) is 0 Å². The van der Waals surface area contributed by atoms with Crippen molar-refractivity contribution in [2.75, 3.05) is 0 Å². The molecule has 0 rings (SSSR count). The van der Waals surface area contributed by atoms with E-state index in [1.54, 1.807) is 0 Å². The largest absolute Gasteiger partial charge is 0.460 e. The molecule has 0 saturated carbocycles. The van der Waals surface area contributed by atoms with Gasteiger partial charge in [-0.1, -0.05) is 0 Å². The zero-order valence-electron chi connectivity index (χ0n) is 7.66. The van der Waals surface area contributed by atoms with Crippen LogP contribution in [0.1, 0.15) is 6.92 Å². The van der Waals surface area contributed by atoms with E-state index in [1.165, 1.54) is 0 Å². The second-order valence-corrected chi connectivity index (χ2v) is 3.15. The first-order chi connectivity index (χ1) is 7.00. The zero-order chi connectivity index (χ0) is 14.5. The predicted octanol–water partition coefficient (Wildman–Crippen LogP) is 4.11. The van der Waals surface area contributed by atoms with Gasteiger partial charge in [-0.15, -0.1) is 0 Å². The summed E-state index contributed by atoms with van der Waals surface area (Å²) in [7, 11) is 0. The summed E-state index contributed by atoms with van der Waals surface area (Å²) in [5.41, 5.74) is -6.03. The minimum absolute atomic E-state index is 1.09. The molecule has 0 N–H and O–H groups in total. The van der Waals surface area contributed by atoms with Crippen LogP contribution in [0, 0.1) is 0 Å². The van der Waals surface area contributed by atoms with Crippen LogP contribution < -0.4 is 0 Å². The molecule has 11 heteroatoms. The number of halogens is 11. The fourth-order valence-corrected chi connectivity index (χ4v) is 0.651. The van der Waals surface area contributed by atoms with E-state index in [9.17, 15) is 48.3 Å². The fourth-order valence-electron chi connectivity index (χ4n) is 0.651. The minimum Gasteiger partial charge on any atom is -0.227 e. The number of hydrogen-bond acceptors (Lipinski definition) is 0. The fraction of sp³-hybridized carbons (Fsp3) is 1.00. The normalized spacial score (nSPS) is 19.1. The highest BCUT2D eigenvalue weighted by Crippen LogP contribution is 2.56. The number of alkyl halides is 11. The Kier molecular flexibility index (Phi) is 3.45. The van der Waals surface area contributed by atoms with Crippen molar-refractivity contribution in [3.8, 4) is 0 Å². The summed E-state index contributed by atoms with van der Waals surface area (Å²) >= 11 is 0. The summed E-state index contributed by atoms with van der Waals surface area (Å²) < 4.78 is 131. The second kappa shape index (κ2) is 3.61. The lowest BCUT2D eigenvalue weighted by atomic mass is 9.93. The third-order valence-corrected chi connectivity index (χ3v) is 1.87. The first-order valence-corrected chi connectivity index (χ1v) is 3.58. The Morgan fingerprint density at radius 3 is 0.941 bits per heavy atom. The molecule has 0 fully saturated rings. The van der Waals surface area contributed by atoms with Crippen molar-refractivity contribution in [2.24, 2.45) is 0 Å². The van der Waals surface area contributed by atoms with Crippen molar-refractivity contribution >= 4 is 0 Å². The van der Waals surface area contributed by atoms with Crippen LogP contribution in [-0.2, 0) is 0 Å². The minimum atomic E-state index is -7.15. The Morgan fingerprint density at radius 2 is 0.765 bits per heavy atom. The van der Waals surface area contributed by atoms with Gasteiger partial charge in [-0.05, 0) is 6.92 Å². The van der Waals surface area contributed by atoms with E-state index in [0.717, 1.165) is 0 Å². The van der Waals surface area contributed by atoms with Gasteiger partial charge in [-0.3, -0.25) is 0 Å². The SMILES string of the molecule is CC(F)(C(F)(F)F)C(F)(F)C(F)(F)C(F)(F)F. The van der Waals surface area contributed by atoms with Gasteiger partial charge in [0.2, 0.25) is 0 Å². The molecule has 0 radical (unpaired) electrons. The van der Waals surface area contributed by atoms with Crippen molar-refractivity contribution in [2.45, 2.75) is 36.8 Å². The molecular weight excluding hydrogens is 281 g/mol. The molecule has 17 heavy (non-hydrogen) atoms. The van der Waals surface area contributed by atoms with Crippen molar-refractivity contribution < 1.29 is 48.3 Å². The number of rotatable bonds is 2. The van der Waals surface area contributed by atoms with Crippen molar-refractivity contribution in [1.29, 1.82) is 0 Å². The maximum atomic E-state index is 12.5. The molecule has 0 heterocycles.